The van der Waals surface area contributed by atoms with E-state index in [2.05, 4.69) is 33.5 Å². The van der Waals surface area contributed by atoms with Crippen LogP contribution in [0, 0.1) is 17.8 Å². The monoisotopic (exact) mass is 580 g/mol. The van der Waals surface area contributed by atoms with Crippen LogP contribution in [-0.4, -0.2) is 102 Å². The maximum atomic E-state index is 13.7. The molecule has 0 saturated carbocycles. The summed E-state index contributed by atoms with van der Waals surface area (Å²) in [5, 5.41) is 16.6. The molecule has 0 radical (unpaired) electrons. The van der Waals surface area contributed by atoms with Gasteiger partial charge in [-0.15, -0.1) is 35.0 Å². The highest BCUT2D eigenvalue weighted by Crippen LogP contribution is 2.38. The average Bonchev–Trinajstić information content (AvgIpc) is 3.44. The molecule has 0 aromatic carbocycles. The standard InChI is InChI=1S/C24H39Cl2FN6O3S/c1-11-5-12(13-6-20(25)29-8-18(13)36-2)14(7-28-11)22(34)32-24-31-17-9-33(10-19(17)37-24)23(35)16-4-3-15(27)21(26)30-16/h11-21,24,28-31H,3-10H2,1-2H3,(H,32,34). The molecular weight excluding hydrogens is 542 g/mol. The number of methoxy groups -OCH3 is 1. The summed E-state index contributed by atoms with van der Waals surface area (Å²) in [6.07, 6.45) is 1.34. The second kappa shape index (κ2) is 12.0. The minimum absolute atomic E-state index is 0.0209. The smallest absolute Gasteiger partial charge is 0.239 e. The normalized spacial score (nSPS) is 46.5. The fourth-order valence-corrected chi connectivity index (χ4v) is 8.69. The molecule has 12 atom stereocenters. The Morgan fingerprint density at radius 3 is 2.62 bits per heavy atom. The molecule has 0 aromatic rings. The third kappa shape index (κ3) is 6.19. The number of piperidine rings is 3. The fourth-order valence-electron chi connectivity index (χ4n) is 6.71. The molecule has 9 nitrogen and oxygen atoms in total. The summed E-state index contributed by atoms with van der Waals surface area (Å²) in [5.41, 5.74) is -1.13. The van der Waals surface area contributed by atoms with Crippen LogP contribution >= 0.6 is 35.0 Å². The van der Waals surface area contributed by atoms with Crippen LogP contribution in [0.2, 0.25) is 0 Å². The summed E-state index contributed by atoms with van der Waals surface area (Å²) in [5.74, 6) is 0.253. The predicted molar refractivity (Wildman–Crippen MR) is 143 cm³/mol. The quantitative estimate of drug-likeness (QED) is 0.240. The number of carbonyl (C=O) groups is 2. The van der Waals surface area contributed by atoms with Gasteiger partial charge in [-0.3, -0.25) is 25.5 Å². The zero-order valence-corrected chi connectivity index (χ0v) is 23.6. The molecule has 5 aliphatic rings. The number of fused-ring (bicyclic) bond motifs is 1. The lowest BCUT2D eigenvalue weighted by Crippen LogP contribution is -2.57. The van der Waals surface area contributed by atoms with Gasteiger partial charge in [-0.25, -0.2) is 4.39 Å². The lowest BCUT2D eigenvalue weighted by atomic mass is 9.70. The molecule has 2 amide bonds. The Labute approximate surface area is 232 Å². The first kappa shape index (κ1) is 28.1. The molecule has 5 heterocycles. The number of thioether (sulfide) groups is 1. The molecule has 5 rings (SSSR count). The average molecular weight is 582 g/mol. The molecule has 210 valence electrons. The topological polar surface area (TPSA) is 107 Å². The molecule has 0 aliphatic carbocycles. The van der Waals surface area contributed by atoms with Crippen LogP contribution in [0.15, 0.2) is 0 Å². The fraction of sp³-hybridized carbons (Fsp3) is 0.917. The van der Waals surface area contributed by atoms with E-state index in [0.29, 0.717) is 45.1 Å². The maximum Gasteiger partial charge on any atom is 0.239 e. The number of nitrogens with zero attached hydrogens (tertiary/aromatic N) is 1. The molecular formula is C24H39Cl2FN6O3S. The summed E-state index contributed by atoms with van der Waals surface area (Å²) in [6, 6.07) is -0.00536. The van der Waals surface area contributed by atoms with Crippen LogP contribution in [0.1, 0.15) is 32.6 Å². The number of alkyl halides is 3. The number of nitrogens with one attached hydrogen (secondary N) is 5. The lowest BCUT2D eigenvalue weighted by molar-refractivity contribution is -0.133. The third-order valence-electron chi connectivity index (χ3n) is 8.75. The Morgan fingerprint density at radius 2 is 1.89 bits per heavy atom. The van der Waals surface area contributed by atoms with E-state index in [-0.39, 0.29) is 58.0 Å². The molecule has 5 fully saturated rings. The minimum atomic E-state index is -1.13. The van der Waals surface area contributed by atoms with Gasteiger partial charge in [0.15, 0.2) is 0 Å². The molecule has 13 heteroatoms. The second-order valence-corrected chi connectivity index (χ2v) is 13.5. The van der Waals surface area contributed by atoms with Crippen molar-refractivity contribution in [3.8, 4) is 0 Å². The van der Waals surface area contributed by atoms with Crippen molar-refractivity contribution in [3.63, 3.8) is 0 Å². The van der Waals surface area contributed by atoms with E-state index >= 15 is 0 Å². The first-order valence-corrected chi connectivity index (χ1v) is 15.2. The van der Waals surface area contributed by atoms with Gasteiger partial charge in [0.25, 0.3) is 0 Å². The third-order valence-corrected chi connectivity index (χ3v) is 10.8. The van der Waals surface area contributed by atoms with Gasteiger partial charge in [-0.05, 0) is 44.4 Å². The van der Waals surface area contributed by atoms with Crippen LogP contribution < -0.4 is 26.6 Å². The molecule has 5 aliphatic heterocycles. The number of hydrogen-bond donors (Lipinski definition) is 5. The molecule has 0 bridgehead atoms. The Hall–Kier alpha value is -0.400. The number of halogens is 3. The number of rotatable bonds is 5. The van der Waals surface area contributed by atoms with E-state index in [1.807, 2.05) is 4.90 Å². The maximum absolute atomic E-state index is 13.7. The van der Waals surface area contributed by atoms with Gasteiger partial charge < -0.3 is 20.3 Å². The zero-order chi connectivity index (χ0) is 26.3. The van der Waals surface area contributed by atoms with Crippen LogP contribution in [0.5, 0.6) is 0 Å². The Balaban J connectivity index is 1.15. The number of carbonyl (C=O) groups excluding carboxylic acids is 2. The summed E-state index contributed by atoms with van der Waals surface area (Å²) in [6.45, 7) is 4.66. The van der Waals surface area contributed by atoms with Gasteiger partial charge in [0.05, 0.1) is 23.6 Å². The first-order valence-electron chi connectivity index (χ1n) is 13.4. The molecule has 0 spiro atoms. The van der Waals surface area contributed by atoms with E-state index in [1.165, 1.54) is 0 Å². The molecule has 5 saturated heterocycles. The number of ether oxygens (including phenoxy) is 1. The van der Waals surface area contributed by atoms with Gasteiger partial charge in [-0.2, -0.15) is 0 Å². The highest BCUT2D eigenvalue weighted by Gasteiger charge is 2.47. The first-order chi connectivity index (χ1) is 17.7. The van der Waals surface area contributed by atoms with Crippen molar-refractivity contribution in [1.29, 1.82) is 0 Å². The van der Waals surface area contributed by atoms with Gasteiger partial charge in [0, 0.05) is 50.6 Å². The SMILES string of the molecule is COC1CNC(Cl)CC1C1CC(C)NCC1C(=O)NC1NC2CN(C(=O)C3CCC(F)C(Cl)N3)CC2S1. The van der Waals surface area contributed by atoms with Crippen LogP contribution in [0.4, 0.5) is 4.39 Å². The summed E-state index contributed by atoms with van der Waals surface area (Å²) in [7, 11) is 1.73. The second-order valence-electron chi connectivity index (χ2n) is 11.2. The van der Waals surface area contributed by atoms with E-state index in [4.69, 9.17) is 27.9 Å². The minimum Gasteiger partial charge on any atom is -0.380 e. The summed E-state index contributed by atoms with van der Waals surface area (Å²) < 4.78 is 19.5. The highest BCUT2D eigenvalue weighted by atomic mass is 35.5. The van der Waals surface area contributed by atoms with Gasteiger partial charge in [0.2, 0.25) is 11.8 Å². The molecule has 5 N–H and O–H groups in total. The highest BCUT2D eigenvalue weighted by molar-refractivity contribution is 8.00. The Morgan fingerprint density at radius 1 is 1.08 bits per heavy atom. The number of likely N-dealkylation sites (tertiary alicyclic amines) is 1. The molecule has 0 aromatic heterocycles. The van der Waals surface area contributed by atoms with E-state index in [9.17, 15) is 14.0 Å². The van der Waals surface area contributed by atoms with Crippen molar-refractivity contribution >= 4 is 46.8 Å². The largest absolute Gasteiger partial charge is 0.380 e. The van der Waals surface area contributed by atoms with Gasteiger partial charge >= 0.3 is 0 Å². The van der Waals surface area contributed by atoms with Crippen molar-refractivity contribution in [2.75, 3.05) is 33.3 Å². The number of amides is 2. The van der Waals surface area contributed by atoms with Crippen LogP contribution in [0.25, 0.3) is 0 Å². The summed E-state index contributed by atoms with van der Waals surface area (Å²) >= 11 is 14.1. The van der Waals surface area contributed by atoms with Gasteiger partial charge in [-0.1, -0.05) is 0 Å². The van der Waals surface area contributed by atoms with Gasteiger partial charge in [0.1, 0.15) is 17.2 Å². The van der Waals surface area contributed by atoms with E-state index in [0.717, 1.165) is 12.8 Å². The predicted octanol–water partition coefficient (Wildman–Crippen LogP) is 0.761. The van der Waals surface area contributed by atoms with E-state index < -0.39 is 17.7 Å². The Kier molecular flexibility index (Phi) is 9.13. The lowest BCUT2D eigenvalue weighted by Gasteiger charge is -2.45. The Bertz CT molecular complexity index is 836. The number of hydrogen-bond acceptors (Lipinski definition) is 8. The van der Waals surface area contributed by atoms with Crippen LogP contribution in [-0.2, 0) is 14.3 Å². The molecule has 37 heavy (non-hydrogen) atoms. The summed E-state index contributed by atoms with van der Waals surface area (Å²) in [4.78, 5) is 28.4. The van der Waals surface area contributed by atoms with Crippen molar-refractivity contribution in [1.82, 2.24) is 31.5 Å². The van der Waals surface area contributed by atoms with Crippen LogP contribution in [0.3, 0.4) is 0 Å². The zero-order valence-electron chi connectivity index (χ0n) is 21.3. The van der Waals surface area contributed by atoms with E-state index in [1.54, 1.807) is 18.9 Å². The van der Waals surface area contributed by atoms with Crippen molar-refractivity contribution in [3.05, 3.63) is 0 Å². The molecule has 12 unspecified atom stereocenters. The van der Waals surface area contributed by atoms with Crippen molar-refractivity contribution < 1.29 is 18.7 Å². The van der Waals surface area contributed by atoms with Crippen molar-refractivity contribution in [2.24, 2.45) is 17.8 Å². The van der Waals surface area contributed by atoms with Crippen molar-refractivity contribution in [2.45, 2.75) is 84.8 Å².